The Kier molecular flexibility index (Phi) is 5.53. The van der Waals surface area contributed by atoms with Crippen LogP contribution in [-0.4, -0.2) is 35.7 Å². The number of carbonyl (C=O) groups is 2. The van der Waals surface area contributed by atoms with Crippen molar-refractivity contribution < 1.29 is 9.59 Å². The fourth-order valence-electron chi connectivity index (χ4n) is 0.836. The van der Waals surface area contributed by atoms with E-state index >= 15 is 0 Å². The van der Waals surface area contributed by atoms with Gasteiger partial charge in [-0.2, -0.15) is 12.6 Å². The summed E-state index contributed by atoms with van der Waals surface area (Å²) in [6.45, 7) is 3.82. The van der Waals surface area contributed by atoms with Gasteiger partial charge < -0.3 is 10.2 Å². The van der Waals surface area contributed by atoms with E-state index < -0.39 is 0 Å². The zero-order valence-corrected chi connectivity index (χ0v) is 8.17. The van der Waals surface area contributed by atoms with Gasteiger partial charge in [-0.05, 0) is 6.92 Å². The summed E-state index contributed by atoms with van der Waals surface area (Å²) in [6, 6.07) is 0. The van der Waals surface area contributed by atoms with Crippen molar-refractivity contribution in [3.63, 3.8) is 0 Å². The van der Waals surface area contributed by atoms with Crippen molar-refractivity contribution in [1.29, 1.82) is 0 Å². The molecular formula is C7H14N2O2S. The maximum Gasteiger partial charge on any atom is 0.218 e. The summed E-state index contributed by atoms with van der Waals surface area (Å²) >= 11 is 4.02. The topological polar surface area (TPSA) is 49.4 Å². The molecule has 0 aliphatic heterocycles. The van der Waals surface area contributed by atoms with Gasteiger partial charge in [0.05, 0.1) is 0 Å². The molecule has 0 rings (SSSR count). The van der Waals surface area contributed by atoms with Gasteiger partial charge in [-0.25, -0.2) is 0 Å². The van der Waals surface area contributed by atoms with Crippen molar-refractivity contribution in [3.8, 4) is 0 Å². The van der Waals surface area contributed by atoms with E-state index in [1.165, 1.54) is 11.8 Å². The molecule has 0 aromatic rings. The Morgan fingerprint density at radius 2 is 2.33 bits per heavy atom. The number of hydrogen-bond donors (Lipinski definition) is 2. The molecule has 0 saturated carbocycles. The minimum absolute atomic E-state index is 0.158. The Bertz CT molecular complexity index is 163. The van der Waals surface area contributed by atoms with Gasteiger partial charge in [0, 0.05) is 19.2 Å². The molecule has 0 saturated heterocycles. The first-order chi connectivity index (χ1) is 5.65. The molecule has 2 amide bonds. The predicted octanol–water partition coefficient (Wildman–Crippen LogP) is -0.143. The first-order valence-corrected chi connectivity index (χ1v) is 4.38. The van der Waals surface area contributed by atoms with Gasteiger partial charge in [0.2, 0.25) is 12.3 Å². The zero-order valence-electron chi connectivity index (χ0n) is 7.28. The molecule has 0 unspecified atom stereocenters. The third kappa shape index (κ3) is 3.61. The highest BCUT2D eigenvalue weighted by atomic mass is 32.1. The normalized spacial score (nSPS) is 11.9. The average Bonchev–Trinajstić information content (AvgIpc) is 2.04. The van der Waals surface area contributed by atoms with Crippen LogP contribution in [0.4, 0.5) is 0 Å². The van der Waals surface area contributed by atoms with Gasteiger partial charge >= 0.3 is 0 Å². The van der Waals surface area contributed by atoms with Crippen LogP contribution in [0.2, 0.25) is 0 Å². The Hall–Kier alpha value is -0.710. The van der Waals surface area contributed by atoms with Gasteiger partial charge in [-0.3, -0.25) is 9.59 Å². The second-order valence-electron chi connectivity index (χ2n) is 2.33. The van der Waals surface area contributed by atoms with Gasteiger partial charge in [-0.1, -0.05) is 0 Å². The number of amides is 2. The van der Waals surface area contributed by atoms with Crippen LogP contribution in [0, 0.1) is 0 Å². The van der Waals surface area contributed by atoms with Crippen LogP contribution in [0.15, 0.2) is 0 Å². The highest BCUT2D eigenvalue weighted by molar-refractivity contribution is 7.80. The van der Waals surface area contributed by atoms with E-state index in [9.17, 15) is 9.59 Å². The molecular weight excluding hydrogens is 176 g/mol. The van der Waals surface area contributed by atoms with Gasteiger partial charge in [0.1, 0.15) is 6.17 Å². The van der Waals surface area contributed by atoms with Crippen molar-refractivity contribution in [2.75, 3.05) is 12.3 Å². The highest BCUT2D eigenvalue weighted by Gasteiger charge is 2.13. The molecule has 0 bridgehead atoms. The van der Waals surface area contributed by atoms with E-state index in [0.717, 1.165) is 0 Å². The van der Waals surface area contributed by atoms with Crippen LogP contribution in [0.3, 0.4) is 0 Å². The monoisotopic (exact) mass is 190 g/mol. The lowest BCUT2D eigenvalue weighted by molar-refractivity contribution is -0.124. The molecule has 5 heteroatoms. The molecule has 1 N–H and O–H groups in total. The largest absolute Gasteiger partial charge is 0.335 e. The van der Waals surface area contributed by atoms with Crippen LogP contribution in [0.25, 0.3) is 0 Å². The summed E-state index contributed by atoms with van der Waals surface area (Å²) in [5.74, 6) is 0.265. The van der Waals surface area contributed by atoms with Crippen LogP contribution in [0.5, 0.6) is 0 Å². The number of carbonyl (C=O) groups excluding carboxylic acids is 2. The molecule has 0 radical (unpaired) electrons. The Labute approximate surface area is 77.7 Å². The van der Waals surface area contributed by atoms with Crippen LogP contribution < -0.4 is 5.32 Å². The molecule has 0 aromatic heterocycles. The first kappa shape index (κ1) is 11.3. The fraction of sp³-hybridized carbons (Fsp3) is 0.714. The lowest BCUT2D eigenvalue weighted by Crippen LogP contribution is -2.48. The van der Waals surface area contributed by atoms with Gasteiger partial charge in [0.15, 0.2) is 0 Å². The molecule has 0 fully saturated rings. The molecule has 0 spiro atoms. The zero-order chi connectivity index (χ0) is 9.56. The number of hydrogen-bond acceptors (Lipinski definition) is 3. The minimum Gasteiger partial charge on any atom is -0.335 e. The summed E-state index contributed by atoms with van der Waals surface area (Å²) in [5.41, 5.74) is 0. The Balaban J connectivity index is 4.10. The highest BCUT2D eigenvalue weighted by Crippen LogP contribution is 1.94. The first-order valence-electron chi connectivity index (χ1n) is 3.74. The molecule has 0 aliphatic rings. The molecule has 12 heavy (non-hydrogen) atoms. The van der Waals surface area contributed by atoms with Crippen LogP contribution >= 0.6 is 12.6 Å². The molecule has 4 nitrogen and oxygen atoms in total. The summed E-state index contributed by atoms with van der Waals surface area (Å²) in [6.07, 6.45) is 0.407. The van der Waals surface area contributed by atoms with Crippen LogP contribution in [0.1, 0.15) is 13.8 Å². The second-order valence-corrected chi connectivity index (χ2v) is 2.70. The second kappa shape index (κ2) is 5.88. The lowest BCUT2D eigenvalue weighted by Gasteiger charge is -2.25. The van der Waals surface area contributed by atoms with Gasteiger partial charge in [0.25, 0.3) is 0 Å². The fourth-order valence-corrected chi connectivity index (χ4v) is 1.14. The third-order valence-electron chi connectivity index (χ3n) is 1.44. The SMILES string of the molecule is CCN(C=O)[C@H](CS)NC(C)=O. The van der Waals surface area contributed by atoms with E-state index in [4.69, 9.17) is 0 Å². The minimum atomic E-state index is -0.298. The molecule has 0 aromatic carbocycles. The summed E-state index contributed by atoms with van der Waals surface area (Å²) in [5, 5.41) is 2.61. The third-order valence-corrected chi connectivity index (χ3v) is 1.79. The number of nitrogens with zero attached hydrogens (tertiary/aromatic N) is 1. The van der Waals surface area contributed by atoms with Crippen molar-refractivity contribution >= 4 is 24.9 Å². The van der Waals surface area contributed by atoms with E-state index in [1.54, 1.807) is 0 Å². The predicted molar refractivity (Wildman–Crippen MR) is 49.9 cm³/mol. The molecule has 70 valence electrons. The standard InChI is InChI=1S/C7H14N2O2S/c1-3-9(5-10)7(4-12)8-6(2)11/h5,7,12H,3-4H2,1-2H3,(H,8,11)/t7-/m1/s1. The maximum atomic E-state index is 10.7. The van der Waals surface area contributed by atoms with E-state index in [2.05, 4.69) is 17.9 Å². The van der Waals surface area contributed by atoms with E-state index in [0.29, 0.717) is 18.7 Å². The number of thiol groups is 1. The van der Waals surface area contributed by atoms with Crippen molar-refractivity contribution in [2.45, 2.75) is 20.0 Å². The molecule has 0 heterocycles. The van der Waals surface area contributed by atoms with Crippen molar-refractivity contribution in [1.82, 2.24) is 10.2 Å². The summed E-state index contributed by atoms with van der Waals surface area (Å²) in [7, 11) is 0. The summed E-state index contributed by atoms with van der Waals surface area (Å²) < 4.78 is 0. The average molecular weight is 190 g/mol. The number of rotatable bonds is 5. The van der Waals surface area contributed by atoms with Crippen molar-refractivity contribution in [3.05, 3.63) is 0 Å². The van der Waals surface area contributed by atoms with E-state index in [1.807, 2.05) is 6.92 Å². The lowest BCUT2D eigenvalue weighted by atomic mass is 10.4. The van der Waals surface area contributed by atoms with Gasteiger partial charge in [-0.15, -0.1) is 0 Å². The quantitative estimate of drug-likeness (QED) is 0.360. The smallest absolute Gasteiger partial charge is 0.218 e. The number of nitrogens with one attached hydrogen (secondary N) is 1. The van der Waals surface area contributed by atoms with Crippen molar-refractivity contribution in [2.24, 2.45) is 0 Å². The summed E-state index contributed by atoms with van der Waals surface area (Å²) in [4.78, 5) is 22.6. The molecule has 0 aliphatic carbocycles. The molecule has 1 atom stereocenters. The maximum absolute atomic E-state index is 10.7. The Morgan fingerprint density at radius 1 is 1.75 bits per heavy atom. The van der Waals surface area contributed by atoms with Crippen LogP contribution in [-0.2, 0) is 9.59 Å². The van der Waals surface area contributed by atoms with E-state index in [-0.39, 0.29) is 12.1 Å². The Morgan fingerprint density at radius 3 is 2.58 bits per heavy atom.